The van der Waals surface area contributed by atoms with Crippen molar-refractivity contribution in [3.8, 4) is 5.75 Å². The first-order valence-electron chi connectivity index (χ1n) is 12.8. The van der Waals surface area contributed by atoms with Crippen LogP contribution >= 0.6 is 12.2 Å². The molecule has 1 N–H and O–H groups in total. The second-order valence-electron chi connectivity index (χ2n) is 12.4. The Balaban J connectivity index is 1.41. The van der Waals surface area contributed by atoms with Gasteiger partial charge in [0.2, 0.25) is 18.0 Å². The summed E-state index contributed by atoms with van der Waals surface area (Å²) in [6.45, 7) is 7.58. The van der Waals surface area contributed by atoms with Gasteiger partial charge in [-0.1, -0.05) is 39.0 Å². The lowest BCUT2D eigenvalue weighted by Gasteiger charge is -2.47. The molecule has 0 aromatic heterocycles. The normalized spacial score (nSPS) is 47.6. The SMILES string of the molecule is C[C@@H]1C(=O)OC2CC34C5C[C@@H](C(C)(C)C)C36[C@@H](OC(=O)[C@@H]6OC(=S)Oc3ccccc3)OC4(C(=O)O5)[C@]21O. The summed E-state index contributed by atoms with van der Waals surface area (Å²) in [4.78, 5) is 39.9. The van der Waals surface area contributed by atoms with E-state index in [0.29, 0.717) is 12.2 Å². The first-order chi connectivity index (χ1) is 17.9. The molecule has 4 saturated heterocycles. The lowest BCUT2D eigenvalue weighted by molar-refractivity contribution is -0.238. The molecule has 1 aromatic rings. The standard InChI is InChI=1S/C27H28O10S/c1-12-18(28)33-16-11-24-15-10-14(23(2,3)4)25(24)17(35-22(38)32-13-8-6-5-7-9-13)19(29)36-21(25)37-27(24,20(30)34-15)26(12,16)31/h5-9,12,14-17,21,31H,10-11H2,1-4H3/t12-,14+,15?,16?,17+,21+,24?,25?,26-,27?/m1/s1. The molecule has 1 aromatic carbocycles. The van der Waals surface area contributed by atoms with Crippen molar-refractivity contribution in [3.63, 3.8) is 0 Å². The van der Waals surface area contributed by atoms with Crippen molar-refractivity contribution in [1.29, 1.82) is 0 Å². The third kappa shape index (κ3) is 2.31. The van der Waals surface area contributed by atoms with Crippen molar-refractivity contribution in [2.24, 2.45) is 28.1 Å². The van der Waals surface area contributed by atoms with Crippen molar-refractivity contribution in [2.45, 2.75) is 76.3 Å². The molecule has 2 saturated carbocycles. The number of rotatable bonds is 2. The highest BCUT2D eigenvalue weighted by molar-refractivity contribution is 7.79. The van der Waals surface area contributed by atoms with Crippen LogP contribution in [0.1, 0.15) is 40.5 Å². The van der Waals surface area contributed by atoms with E-state index in [0.717, 1.165) is 0 Å². The monoisotopic (exact) mass is 544 g/mol. The predicted octanol–water partition coefficient (Wildman–Crippen LogP) is 2.05. The number of carbonyl (C=O) groups excluding carboxylic acids is 3. The van der Waals surface area contributed by atoms with Crippen LogP contribution in [0.3, 0.4) is 0 Å². The molecule has 5 unspecified atom stereocenters. The van der Waals surface area contributed by atoms with Crippen LogP contribution in [-0.4, -0.2) is 64.1 Å². The number of carbonyl (C=O) groups is 3. The van der Waals surface area contributed by atoms with Crippen LogP contribution in [0, 0.1) is 28.1 Å². The number of hydrogen-bond acceptors (Lipinski definition) is 11. The van der Waals surface area contributed by atoms with E-state index in [4.69, 9.17) is 40.6 Å². The van der Waals surface area contributed by atoms with E-state index in [1.807, 2.05) is 26.8 Å². The number of esters is 3. The molecule has 11 heteroatoms. The van der Waals surface area contributed by atoms with Crippen molar-refractivity contribution < 1.29 is 47.9 Å². The number of thiocarbonyl (C=S) groups is 1. The maximum atomic E-state index is 13.8. The zero-order chi connectivity index (χ0) is 27.0. The quantitative estimate of drug-likeness (QED) is 0.334. The minimum absolute atomic E-state index is 0.0435. The van der Waals surface area contributed by atoms with Gasteiger partial charge in [-0.2, -0.15) is 0 Å². The molecule has 0 radical (unpaired) electrons. The van der Waals surface area contributed by atoms with Crippen LogP contribution in [0.15, 0.2) is 30.3 Å². The molecule has 202 valence electrons. The van der Waals surface area contributed by atoms with Crippen molar-refractivity contribution in [2.75, 3.05) is 0 Å². The second-order valence-corrected chi connectivity index (χ2v) is 12.7. The number of hydrogen-bond donors (Lipinski definition) is 1. The first kappa shape index (κ1) is 24.3. The van der Waals surface area contributed by atoms with Gasteiger partial charge < -0.3 is 33.5 Å². The molecule has 2 spiro atoms. The Hall–Kier alpha value is -2.76. The summed E-state index contributed by atoms with van der Waals surface area (Å²) < 4.78 is 35.7. The fraction of sp³-hybridized carbons (Fsp3) is 0.630. The van der Waals surface area contributed by atoms with E-state index < -0.39 is 75.9 Å². The Bertz CT molecular complexity index is 1290. The fourth-order valence-electron chi connectivity index (χ4n) is 8.88. The summed E-state index contributed by atoms with van der Waals surface area (Å²) in [5.41, 5.74) is -7.03. The summed E-state index contributed by atoms with van der Waals surface area (Å²) in [6.07, 6.45) is -3.89. The van der Waals surface area contributed by atoms with Gasteiger partial charge in [0.1, 0.15) is 18.0 Å². The molecular weight excluding hydrogens is 516 g/mol. The topological polar surface area (TPSA) is 127 Å². The van der Waals surface area contributed by atoms with E-state index in [1.54, 1.807) is 24.3 Å². The summed E-state index contributed by atoms with van der Waals surface area (Å²) in [5, 5.41) is 11.9. The molecule has 7 rings (SSSR count). The van der Waals surface area contributed by atoms with E-state index in [2.05, 4.69) is 0 Å². The molecular formula is C27H28O10S. The van der Waals surface area contributed by atoms with Gasteiger partial charge in [-0.05, 0) is 36.8 Å². The Morgan fingerprint density at radius 3 is 2.45 bits per heavy atom. The van der Waals surface area contributed by atoms with Gasteiger partial charge >= 0.3 is 23.1 Å². The average molecular weight is 545 g/mol. The number of ether oxygens (including phenoxy) is 6. The second kappa shape index (κ2) is 7.05. The zero-order valence-corrected chi connectivity index (χ0v) is 22.1. The van der Waals surface area contributed by atoms with Crippen molar-refractivity contribution in [3.05, 3.63) is 30.3 Å². The number of fused-ring (bicyclic) bond motifs is 1. The van der Waals surface area contributed by atoms with Crippen molar-refractivity contribution >= 4 is 35.4 Å². The van der Waals surface area contributed by atoms with Crippen LogP contribution in [0.4, 0.5) is 0 Å². The highest BCUT2D eigenvalue weighted by Gasteiger charge is 3.01. The van der Waals surface area contributed by atoms with Gasteiger partial charge in [0.25, 0.3) is 0 Å². The van der Waals surface area contributed by atoms with Crippen LogP contribution in [0.2, 0.25) is 0 Å². The summed E-state index contributed by atoms with van der Waals surface area (Å²) in [6, 6.07) is 8.76. The Morgan fingerprint density at radius 1 is 1.05 bits per heavy atom. The Kier molecular flexibility index (Phi) is 4.51. The highest BCUT2D eigenvalue weighted by Crippen LogP contribution is 2.84. The molecule has 0 amide bonds. The largest absolute Gasteiger partial charge is 0.459 e. The van der Waals surface area contributed by atoms with Gasteiger partial charge in [-0.15, -0.1) is 0 Å². The maximum absolute atomic E-state index is 13.8. The maximum Gasteiger partial charge on any atom is 0.358 e. The number of para-hydroxylation sites is 1. The van der Waals surface area contributed by atoms with Crippen LogP contribution in [-0.2, 0) is 38.1 Å². The molecule has 6 aliphatic rings. The van der Waals surface area contributed by atoms with E-state index in [9.17, 15) is 19.5 Å². The van der Waals surface area contributed by atoms with Crippen LogP contribution < -0.4 is 4.74 Å². The summed E-state index contributed by atoms with van der Waals surface area (Å²) in [5.74, 6) is -3.09. The summed E-state index contributed by atoms with van der Waals surface area (Å²) in [7, 11) is 0. The smallest absolute Gasteiger partial charge is 0.358 e. The van der Waals surface area contributed by atoms with E-state index in [-0.39, 0.29) is 17.6 Å². The van der Waals surface area contributed by atoms with Crippen LogP contribution in [0.25, 0.3) is 0 Å². The average Bonchev–Trinajstić information content (AvgIpc) is 3.55. The van der Waals surface area contributed by atoms with Crippen molar-refractivity contribution in [1.82, 2.24) is 0 Å². The molecule has 10 atom stereocenters. The van der Waals surface area contributed by atoms with Gasteiger partial charge in [0.15, 0.2) is 5.60 Å². The molecule has 4 heterocycles. The van der Waals surface area contributed by atoms with Gasteiger partial charge in [-0.3, -0.25) is 4.79 Å². The fourth-order valence-corrected chi connectivity index (χ4v) is 9.08. The number of benzene rings is 1. The number of aliphatic hydroxyl groups is 1. The minimum atomic E-state index is -2.02. The van der Waals surface area contributed by atoms with Gasteiger partial charge in [0, 0.05) is 18.6 Å². The Morgan fingerprint density at radius 2 is 1.76 bits per heavy atom. The lowest BCUT2D eigenvalue weighted by Crippen LogP contribution is -2.66. The zero-order valence-electron chi connectivity index (χ0n) is 21.3. The molecule has 6 fully saturated rings. The predicted molar refractivity (Wildman–Crippen MR) is 129 cm³/mol. The molecule has 10 nitrogen and oxygen atoms in total. The molecule has 0 bridgehead atoms. The first-order valence-corrected chi connectivity index (χ1v) is 13.2. The molecule has 38 heavy (non-hydrogen) atoms. The summed E-state index contributed by atoms with van der Waals surface area (Å²) >= 11 is 5.41. The molecule has 4 aliphatic heterocycles. The lowest BCUT2D eigenvalue weighted by atomic mass is 9.51. The third-order valence-corrected chi connectivity index (χ3v) is 10.3. The highest BCUT2D eigenvalue weighted by atomic mass is 32.1. The third-order valence-electron chi connectivity index (χ3n) is 10.1. The van der Waals surface area contributed by atoms with Gasteiger partial charge in [0.05, 0.1) is 16.7 Å². The molecule has 2 aliphatic carbocycles. The minimum Gasteiger partial charge on any atom is -0.459 e. The van der Waals surface area contributed by atoms with Gasteiger partial charge in [-0.25, -0.2) is 9.59 Å². The van der Waals surface area contributed by atoms with E-state index >= 15 is 0 Å². The van der Waals surface area contributed by atoms with Crippen LogP contribution in [0.5, 0.6) is 5.75 Å². The Labute approximate surface area is 223 Å². The van der Waals surface area contributed by atoms with E-state index in [1.165, 1.54) is 6.92 Å².